The van der Waals surface area contributed by atoms with E-state index in [2.05, 4.69) is 10.3 Å². The van der Waals surface area contributed by atoms with E-state index >= 15 is 0 Å². The van der Waals surface area contributed by atoms with Crippen LogP contribution in [0.1, 0.15) is 16.5 Å². The van der Waals surface area contributed by atoms with Crippen molar-refractivity contribution in [1.82, 2.24) is 10.3 Å². The first-order valence-electron chi connectivity index (χ1n) is 5.62. The Morgan fingerprint density at radius 3 is 3.17 bits per heavy atom. The summed E-state index contributed by atoms with van der Waals surface area (Å²) in [5.74, 6) is 0.0588. The molecule has 0 saturated heterocycles. The number of carboxylic acid groups (broad SMARTS) is 1. The molecule has 0 aliphatic rings. The van der Waals surface area contributed by atoms with Crippen LogP contribution in [0.25, 0.3) is 0 Å². The zero-order chi connectivity index (χ0) is 12.8. The van der Waals surface area contributed by atoms with E-state index in [9.17, 15) is 4.79 Å². The van der Waals surface area contributed by atoms with E-state index in [0.29, 0.717) is 12.2 Å². The molecule has 96 valence electrons. The van der Waals surface area contributed by atoms with Gasteiger partial charge in [0, 0.05) is 18.3 Å². The lowest BCUT2D eigenvalue weighted by atomic mass is 10.3. The molecule has 0 aromatic carbocycles. The monoisotopic (exact) mass is 266 g/mol. The van der Waals surface area contributed by atoms with Gasteiger partial charge < -0.3 is 14.8 Å². The Morgan fingerprint density at radius 2 is 2.44 bits per heavy atom. The first-order valence-corrected chi connectivity index (χ1v) is 6.50. The van der Waals surface area contributed by atoms with Gasteiger partial charge in [-0.2, -0.15) is 0 Å². The number of aromatic nitrogens is 1. The fraction of sp³-hybridized carbons (Fsp3) is 0.333. The second-order valence-electron chi connectivity index (χ2n) is 3.81. The van der Waals surface area contributed by atoms with Crippen LogP contribution in [0.4, 0.5) is 0 Å². The van der Waals surface area contributed by atoms with Crippen molar-refractivity contribution in [2.24, 2.45) is 0 Å². The Bertz CT molecular complexity index is 493. The molecule has 0 saturated carbocycles. The summed E-state index contributed by atoms with van der Waals surface area (Å²) < 4.78 is 5.19. The van der Waals surface area contributed by atoms with E-state index in [1.807, 2.05) is 12.1 Å². The van der Waals surface area contributed by atoms with Crippen LogP contribution in [-0.2, 0) is 24.2 Å². The number of furan rings is 1. The van der Waals surface area contributed by atoms with Crippen LogP contribution < -0.4 is 5.32 Å². The number of rotatable bonds is 7. The van der Waals surface area contributed by atoms with Crippen LogP contribution in [0.3, 0.4) is 0 Å². The number of carboxylic acids is 1. The fourth-order valence-corrected chi connectivity index (χ4v) is 2.32. The van der Waals surface area contributed by atoms with Crippen LogP contribution >= 0.6 is 11.3 Å². The second kappa shape index (κ2) is 6.32. The van der Waals surface area contributed by atoms with Crippen molar-refractivity contribution in [3.8, 4) is 0 Å². The SMILES string of the molecule is O=C(O)Cc1csc(CCNCc2ccco2)n1. The molecule has 0 spiro atoms. The average Bonchev–Trinajstić information content (AvgIpc) is 2.95. The van der Waals surface area contributed by atoms with Gasteiger partial charge in [0.05, 0.1) is 29.9 Å². The Labute approximate surface area is 108 Å². The summed E-state index contributed by atoms with van der Waals surface area (Å²) in [6.45, 7) is 1.49. The molecule has 0 amide bonds. The molecular formula is C12H14N2O3S. The molecule has 2 aromatic rings. The van der Waals surface area contributed by atoms with Crippen LogP contribution in [-0.4, -0.2) is 22.6 Å². The number of nitrogens with zero attached hydrogens (tertiary/aromatic N) is 1. The number of carbonyl (C=O) groups is 1. The molecule has 0 atom stereocenters. The molecule has 0 aliphatic heterocycles. The van der Waals surface area contributed by atoms with Gasteiger partial charge in [-0.05, 0) is 12.1 Å². The predicted octanol–water partition coefficient (Wildman–Crippen LogP) is 1.70. The normalized spacial score (nSPS) is 10.7. The van der Waals surface area contributed by atoms with Crippen molar-refractivity contribution in [3.05, 3.63) is 40.2 Å². The minimum absolute atomic E-state index is 0.00365. The summed E-state index contributed by atoms with van der Waals surface area (Å²) >= 11 is 1.50. The zero-order valence-corrected chi connectivity index (χ0v) is 10.6. The largest absolute Gasteiger partial charge is 0.481 e. The van der Waals surface area contributed by atoms with Crippen molar-refractivity contribution < 1.29 is 14.3 Å². The lowest BCUT2D eigenvalue weighted by Gasteiger charge is -2.00. The molecule has 6 heteroatoms. The van der Waals surface area contributed by atoms with E-state index in [-0.39, 0.29) is 6.42 Å². The summed E-state index contributed by atoms with van der Waals surface area (Å²) in [6, 6.07) is 3.78. The highest BCUT2D eigenvalue weighted by molar-refractivity contribution is 7.09. The summed E-state index contributed by atoms with van der Waals surface area (Å²) in [5, 5.41) is 14.6. The van der Waals surface area contributed by atoms with E-state index in [0.717, 1.165) is 23.7 Å². The van der Waals surface area contributed by atoms with Gasteiger partial charge in [-0.25, -0.2) is 4.98 Å². The van der Waals surface area contributed by atoms with Crippen molar-refractivity contribution in [1.29, 1.82) is 0 Å². The number of thiazole rings is 1. The lowest BCUT2D eigenvalue weighted by molar-refractivity contribution is -0.136. The molecule has 0 fully saturated rings. The van der Waals surface area contributed by atoms with Gasteiger partial charge in [0.2, 0.25) is 0 Å². The zero-order valence-electron chi connectivity index (χ0n) is 9.76. The molecule has 2 N–H and O–H groups in total. The third kappa shape index (κ3) is 3.97. The van der Waals surface area contributed by atoms with E-state index < -0.39 is 5.97 Å². The molecule has 2 aromatic heterocycles. The molecule has 0 aliphatic carbocycles. The summed E-state index contributed by atoms with van der Waals surface area (Å²) in [4.78, 5) is 14.8. The van der Waals surface area contributed by atoms with Gasteiger partial charge in [-0.3, -0.25) is 4.79 Å². The second-order valence-corrected chi connectivity index (χ2v) is 4.75. The highest BCUT2D eigenvalue weighted by atomic mass is 32.1. The molecular weight excluding hydrogens is 252 g/mol. The first-order chi connectivity index (χ1) is 8.74. The number of hydrogen-bond acceptors (Lipinski definition) is 5. The van der Waals surface area contributed by atoms with Crippen LogP contribution in [0.2, 0.25) is 0 Å². The molecule has 0 unspecified atom stereocenters. The number of nitrogens with one attached hydrogen (secondary N) is 1. The van der Waals surface area contributed by atoms with Crippen LogP contribution in [0.15, 0.2) is 28.2 Å². The van der Waals surface area contributed by atoms with Crippen molar-refractivity contribution >= 4 is 17.3 Å². The standard InChI is InChI=1S/C12H14N2O3S/c15-12(16)6-9-8-18-11(14-9)3-4-13-7-10-2-1-5-17-10/h1-2,5,8,13H,3-4,6-7H2,(H,15,16). The molecule has 0 bridgehead atoms. The predicted molar refractivity (Wildman–Crippen MR) is 67.6 cm³/mol. The molecule has 18 heavy (non-hydrogen) atoms. The maximum atomic E-state index is 10.5. The number of hydrogen-bond donors (Lipinski definition) is 2. The highest BCUT2D eigenvalue weighted by Gasteiger charge is 2.05. The van der Waals surface area contributed by atoms with Crippen LogP contribution in [0, 0.1) is 0 Å². The van der Waals surface area contributed by atoms with Gasteiger partial charge in [-0.1, -0.05) is 0 Å². The highest BCUT2D eigenvalue weighted by Crippen LogP contribution is 2.10. The third-order valence-corrected chi connectivity index (χ3v) is 3.28. The van der Waals surface area contributed by atoms with Crippen molar-refractivity contribution in [2.75, 3.05) is 6.54 Å². The van der Waals surface area contributed by atoms with Crippen molar-refractivity contribution in [3.63, 3.8) is 0 Å². The van der Waals surface area contributed by atoms with Gasteiger partial charge in [-0.15, -0.1) is 11.3 Å². The Hall–Kier alpha value is -1.66. The minimum atomic E-state index is -0.845. The summed E-state index contributed by atoms with van der Waals surface area (Å²) in [5.41, 5.74) is 0.633. The van der Waals surface area contributed by atoms with E-state index in [4.69, 9.17) is 9.52 Å². The third-order valence-electron chi connectivity index (χ3n) is 2.33. The summed E-state index contributed by atoms with van der Waals surface area (Å²) in [7, 11) is 0. The maximum Gasteiger partial charge on any atom is 0.309 e. The Kier molecular flexibility index (Phi) is 4.49. The molecule has 2 rings (SSSR count). The van der Waals surface area contributed by atoms with Gasteiger partial charge in [0.15, 0.2) is 0 Å². The smallest absolute Gasteiger partial charge is 0.309 e. The van der Waals surface area contributed by atoms with E-state index in [1.54, 1.807) is 11.6 Å². The van der Waals surface area contributed by atoms with Crippen molar-refractivity contribution in [2.45, 2.75) is 19.4 Å². The quantitative estimate of drug-likeness (QED) is 0.746. The lowest BCUT2D eigenvalue weighted by Crippen LogP contribution is -2.16. The Morgan fingerprint density at radius 1 is 1.56 bits per heavy atom. The fourth-order valence-electron chi connectivity index (χ4n) is 1.52. The topological polar surface area (TPSA) is 75.4 Å². The van der Waals surface area contributed by atoms with Gasteiger partial charge >= 0.3 is 5.97 Å². The molecule has 5 nitrogen and oxygen atoms in total. The maximum absolute atomic E-state index is 10.5. The molecule has 0 radical (unpaired) electrons. The average molecular weight is 266 g/mol. The Balaban J connectivity index is 1.70. The number of aliphatic carboxylic acids is 1. The van der Waals surface area contributed by atoms with E-state index in [1.165, 1.54) is 11.3 Å². The first kappa shape index (κ1) is 12.8. The van der Waals surface area contributed by atoms with Gasteiger partial charge in [0.25, 0.3) is 0 Å². The molecule has 2 heterocycles. The van der Waals surface area contributed by atoms with Gasteiger partial charge in [0.1, 0.15) is 5.76 Å². The minimum Gasteiger partial charge on any atom is -0.481 e. The summed E-state index contributed by atoms with van der Waals surface area (Å²) in [6.07, 6.45) is 2.44. The van der Waals surface area contributed by atoms with Crippen LogP contribution in [0.5, 0.6) is 0 Å².